The molecule has 0 saturated heterocycles. The zero-order chi connectivity index (χ0) is 25.8. The van der Waals surface area contributed by atoms with E-state index in [-0.39, 0.29) is 23.3 Å². The van der Waals surface area contributed by atoms with Crippen LogP contribution in [0.25, 0.3) is 12.2 Å². The summed E-state index contributed by atoms with van der Waals surface area (Å²) in [5, 5.41) is 19.4. The normalized spacial score (nSPS) is 17.6. The van der Waals surface area contributed by atoms with E-state index in [0.717, 1.165) is 32.4 Å². The van der Waals surface area contributed by atoms with Crippen LogP contribution in [-0.2, 0) is 9.59 Å². The number of phenols is 1. The lowest BCUT2D eigenvalue weighted by atomic mass is 10.1. The second-order valence-corrected chi connectivity index (χ2v) is 8.11. The van der Waals surface area contributed by atoms with E-state index in [9.17, 15) is 14.7 Å². The predicted octanol–water partition coefficient (Wildman–Crippen LogP) is 3.23. The Morgan fingerprint density at radius 2 is 1.42 bits per heavy atom. The first-order valence-corrected chi connectivity index (χ1v) is 11.9. The Kier molecular flexibility index (Phi) is 10.2. The van der Waals surface area contributed by atoms with E-state index in [1.807, 2.05) is 0 Å². The average molecular weight is 496 g/mol. The summed E-state index contributed by atoms with van der Waals surface area (Å²) in [7, 11) is 2.97. The lowest BCUT2D eigenvalue weighted by Crippen LogP contribution is -2.27. The average Bonchev–Trinajstić information content (AvgIpc) is 2.88. The van der Waals surface area contributed by atoms with Crippen molar-refractivity contribution in [3.63, 3.8) is 0 Å². The molecule has 0 unspecified atom stereocenters. The molecule has 0 aromatic heterocycles. The van der Waals surface area contributed by atoms with Gasteiger partial charge in [-0.2, -0.15) is 0 Å². The molecular weight excluding hydrogens is 462 g/mol. The van der Waals surface area contributed by atoms with Crippen LogP contribution in [0, 0.1) is 0 Å². The molecule has 36 heavy (non-hydrogen) atoms. The van der Waals surface area contributed by atoms with Gasteiger partial charge in [-0.15, -0.1) is 0 Å². The Hall–Kier alpha value is -3.98. The summed E-state index contributed by atoms with van der Waals surface area (Å²) in [5.41, 5.74) is 1.30. The van der Waals surface area contributed by atoms with Crippen LogP contribution in [0.3, 0.4) is 0 Å². The van der Waals surface area contributed by atoms with Gasteiger partial charge in [0.15, 0.2) is 23.0 Å². The molecule has 0 aliphatic carbocycles. The third kappa shape index (κ3) is 7.78. The Balaban J connectivity index is 1.90. The van der Waals surface area contributed by atoms with Gasteiger partial charge in [-0.1, -0.05) is 6.07 Å². The topological polar surface area (TPSA) is 118 Å². The molecule has 192 valence electrons. The molecule has 0 fully saturated rings. The molecule has 9 nitrogen and oxygen atoms in total. The molecule has 0 saturated carbocycles. The molecule has 2 aliphatic heterocycles. The first-order valence-electron chi connectivity index (χ1n) is 11.9. The first-order chi connectivity index (χ1) is 17.5. The van der Waals surface area contributed by atoms with E-state index in [0.29, 0.717) is 41.5 Å². The Labute approximate surface area is 211 Å². The van der Waals surface area contributed by atoms with Crippen LogP contribution in [0.15, 0.2) is 42.5 Å². The fourth-order valence-corrected chi connectivity index (χ4v) is 3.60. The summed E-state index contributed by atoms with van der Waals surface area (Å²) < 4.78 is 17.0. The highest BCUT2D eigenvalue weighted by Crippen LogP contribution is 2.44. The van der Waals surface area contributed by atoms with Crippen LogP contribution in [0.2, 0.25) is 0 Å². The Morgan fingerprint density at radius 3 is 2.17 bits per heavy atom. The number of carbonyl (C=O) groups is 2. The number of hydrogen-bond acceptors (Lipinski definition) is 7. The highest BCUT2D eigenvalue weighted by atomic mass is 16.5. The number of benzene rings is 2. The van der Waals surface area contributed by atoms with Crippen LogP contribution in [-0.4, -0.2) is 57.3 Å². The number of phenolic OH excluding ortho intramolecular Hbond substituents is 1. The van der Waals surface area contributed by atoms with E-state index in [2.05, 4.69) is 16.0 Å². The van der Waals surface area contributed by atoms with Crippen molar-refractivity contribution in [2.75, 3.05) is 40.4 Å². The molecule has 0 atom stereocenters. The maximum Gasteiger partial charge on any atom is 0.244 e. The van der Waals surface area contributed by atoms with Crippen LogP contribution in [0.5, 0.6) is 28.7 Å². The predicted molar refractivity (Wildman–Crippen MR) is 139 cm³/mol. The smallest absolute Gasteiger partial charge is 0.244 e. The second-order valence-electron chi connectivity index (χ2n) is 8.11. The van der Waals surface area contributed by atoms with Crippen molar-refractivity contribution in [2.24, 2.45) is 0 Å². The van der Waals surface area contributed by atoms with E-state index in [1.54, 1.807) is 36.4 Å². The van der Waals surface area contributed by atoms with Crippen LogP contribution < -0.4 is 30.2 Å². The lowest BCUT2D eigenvalue weighted by molar-refractivity contribution is -0.117. The van der Waals surface area contributed by atoms with Gasteiger partial charge >= 0.3 is 0 Å². The van der Waals surface area contributed by atoms with Crippen LogP contribution in [0.4, 0.5) is 0 Å². The molecule has 4 rings (SSSR count). The van der Waals surface area contributed by atoms with Crippen molar-refractivity contribution >= 4 is 24.0 Å². The van der Waals surface area contributed by atoms with Gasteiger partial charge in [-0.3, -0.25) is 9.59 Å². The van der Waals surface area contributed by atoms with Crippen LogP contribution >= 0.6 is 0 Å². The van der Waals surface area contributed by atoms with Gasteiger partial charge in [0.2, 0.25) is 17.6 Å². The van der Waals surface area contributed by atoms with Gasteiger partial charge in [-0.05, 0) is 74.3 Å². The summed E-state index contributed by atoms with van der Waals surface area (Å²) in [6.07, 6.45) is 8.78. The third-order valence-corrected chi connectivity index (χ3v) is 5.47. The summed E-state index contributed by atoms with van der Waals surface area (Å²) >= 11 is 0. The second kappa shape index (κ2) is 13.8. The number of ether oxygens (including phenoxy) is 3. The maximum atomic E-state index is 12.2. The number of carbonyl (C=O) groups excluding carboxylic acids is 2. The van der Waals surface area contributed by atoms with Crippen molar-refractivity contribution in [3.05, 3.63) is 53.6 Å². The summed E-state index contributed by atoms with van der Waals surface area (Å²) in [6.45, 7) is 2.76. The Bertz CT molecular complexity index is 1110. The lowest BCUT2D eigenvalue weighted by Gasteiger charge is -2.16. The Morgan fingerprint density at radius 1 is 0.750 bits per heavy atom. The van der Waals surface area contributed by atoms with Crippen molar-refractivity contribution in [2.45, 2.75) is 19.3 Å². The number of nitrogens with one attached hydrogen (secondary N) is 3. The van der Waals surface area contributed by atoms with E-state index >= 15 is 0 Å². The van der Waals surface area contributed by atoms with Gasteiger partial charge in [0.05, 0.1) is 14.2 Å². The summed E-state index contributed by atoms with van der Waals surface area (Å²) in [5.74, 6) is 0.699. The van der Waals surface area contributed by atoms with Crippen molar-refractivity contribution < 1.29 is 28.9 Å². The monoisotopic (exact) mass is 495 g/mol. The molecule has 4 N–H and O–H groups in total. The molecule has 2 aromatic rings. The van der Waals surface area contributed by atoms with Crippen molar-refractivity contribution in [1.29, 1.82) is 0 Å². The maximum absolute atomic E-state index is 12.2. The SMILES string of the molecule is COc1c2ccc(c1OC)Oc1cc(ccc1O)/C=C/C(=O)NCCCNCCCCNC(=O)/C=C/2. The quantitative estimate of drug-likeness (QED) is 0.505. The van der Waals surface area contributed by atoms with Gasteiger partial charge in [-0.25, -0.2) is 0 Å². The molecule has 2 amide bonds. The van der Waals surface area contributed by atoms with E-state index in [4.69, 9.17) is 14.2 Å². The highest BCUT2D eigenvalue weighted by Gasteiger charge is 2.17. The zero-order valence-corrected chi connectivity index (χ0v) is 20.6. The van der Waals surface area contributed by atoms with Crippen LogP contribution in [0.1, 0.15) is 30.4 Å². The molecule has 4 bridgehead atoms. The molecule has 9 heteroatoms. The van der Waals surface area contributed by atoms with Gasteiger partial charge in [0, 0.05) is 30.8 Å². The number of fused-ring (bicyclic) bond motifs is 15. The largest absolute Gasteiger partial charge is 0.504 e. The van der Waals surface area contributed by atoms with Gasteiger partial charge < -0.3 is 35.3 Å². The number of methoxy groups -OCH3 is 2. The van der Waals surface area contributed by atoms with Crippen molar-refractivity contribution in [3.8, 4) is 28.7 Å². The summed E-state index contributed by atoms with van der Waals surface area (Å²) in [4.78, 5) is 24.4. The molecule has 0 radical (unpaired) electrons. The molecule has 0 spiro atoms. The summed E-state index contributed by atoms with van der Waals surface area (Å²) in [6, 6.07) is 8.18. The molecular formula is C27H33N3O6. The number of aromatic hydroxyl groups is 1. The molecule has 2 aromatic carbocycles. The molecule has 2 heterocycles. The minimum absolute atomic E-state index is 0.0767. The fraction of sp³-hybridized carbons (Fsp3) is 0.333. The fourth-order valence-electron chi connectivity index (χ4n) is 3.60. The standard InChI is InChI=1S/C27H33N3O6/c1-34-26-20-8-11-22(27(26)35-2)36-23-18-19(6-10-21(23)31)7-12-24(32)30-17-5-15-28-14-3-4-16-29-25(33)13-9-20/h6-13,18,28,31H,3-5,14-17H2,1-2H3,(H,29,33)(H,30,32)/b12-7+,13-9+. The highest BCUT2D eigenvalue weighted by molar-refractivity contribution is 5.92. The molecule has 2 aliphatic rings. The third-order valence-electron chi connectivity index (χ3n) is 5.47. The first kappa shape index (κ1) is 26.6. The minimum Gasteiger partial charge on any atom is -0.504 e. The number of rotatable bonds is 2. The van der Waals surface area contributed by atoms with Crippen molar-refractivity contribution in [1.82, 2.24) is 16.0 Å². The van der Waals surface area contributed by atoms with Gasteiger partial charge in [0.1, 0.15) is 0 Å². The van der Waals surface area contributed by atoms with E-state index in [1.165, 1.54) is 32.4 Å². The van der Waals surface area contributed by atoms with E-state index < -0.39 is 0 Å². The number of hydrogen-bond donors (Lipinski definition) is 4. The van der Waals surface area contributed by atoms with Gasteiger partial charge in [0.25, 0.3) is 0 Å². The minimum atomic E-state index is -0.204. The number of amides is 2. The zero-order valence-electron chi connectivity index (χ0n) is 20.6.